The number of hydrogen-bond acceptors (Lipinski definition) is 5. The van der Waals surface area contributed by atoms with Crippen LogP contribution in [0, 0.1) is 6.92 Å². The molecule has 1 unspecified atom stereocenters. The number of sulfone groups is 1. The van der Waals surface area contributed by atoms with Crippen molar-refractivity contribution in [1.29, 1.82) is 0 Å². The van der Waals surface area contributed by atoms with Gasteiger partial charge in [0.15, 0.2) is 9.84 Å². The third kappa shape index (κ3) is 4.63. The van der Waals surface area contributed by atoms with E-state index in [1.54, 1.807) is 68.0 Å². The fourth-order valence-corrected chi connectivity index (χ4v) is 6.67. The van der Waals surface area contributed by atoms with E-state index in [9.17, 15) is 18.0 Å². The summed E-state index contributed by atoms with van der Waals surface area (Å²) in [5.74, 6) is 0.0667. The van der Waals surface area contributed by atoms with E-state index in [-0.39, 0.29) is 29.7 Å². The van der Waals surface area contributed by atoms with Crippen molar-refractivity contribution in [3.63, 3.8) is 0 Å². The number of carbonyl (C=O) groups excluding carboxylic acids is 2. The predicted molar refractivity (Wildman–Crippen MR) is 128 cm³/mol. The zero-order valence-corrected chi connectivity index (χ0v) is 20.2. The first-order valence-electron chi connectivity index (χ1n) is 10.5. The van der Waals surface area contributed by atoms with Gasteiger partial charge in [0.05, 0.1) is 36.1 Å². The van der Waals surface area contributed by atoms with E-state index < -0.39 is 15.4 Å². The molecule has 0 saturated carbocycles. The number of aromatic nitrogens is 1. The Hall–Kier alpha value is -2.84. The second kappa shape index (κ2) is 8.50. The molecule has 1 saturated heterocycles. The minimum atomic E-state index is -3.15. The molecule has 1 amide bonds. The maximum atomic E-state index is 13.4. The third-order valence-electron chi connectivity index (χ3n) is 6.12. The highest BCUT2D eigenvalue weighted by Gasteiger charge is 2.39. The van der Waals surface area contributed by atoms with Crippen LogP contribution in [-0.4, -0.2) is 49.0 Å². The van der Waals surface area contributed by atoms with Crippen molar-refractivity contribution in [2.45, 2.75) is 32.2 Å². The summed E-state index contributed by atoms with van der Waals surface area (Å²) >= 11 is 5.97. The number of ether oxygens (including phenoxy) is 1. The number of nitrogens with zero attached hydrogens (tertiary/aromatic N) is 1. The standard InChI is InChI=1S/C24H25ClN2O5S/c1-15-19(13-22(28)26-24(2)10-11-33(30,31)14-24)20-12-18(32-3)8-9-21(20)27(15)23(29)16-4-6-17(25)7-5-16/h4-9,12H,10-11,13-14H2,1-3H3,(H,26,28). The zero-order valence-electron chi connectivity index (χ0n) is 18.6. The first kappa shape index (κ1) is 23.3. The van der Waals surface area contributed by atoms with Crippen LogP contribution in [0.1, 0.15) is 35.0 Å². The minimum Gasteiger partial charge on any atom is -0.497 e. The summed E-state index contributed by atoms with van der Waals surface area (Å²) in [6.45, 7) is 3.54. The Balaban J connectivity index is 1.73. The molecule has 3 aromatic rings. The number of hydrogen-bond donors (Lipinski definition) is 1. The molecule has 2 heterocycles. The van der Waals surface area contributed by atoms with Crippen molar-refractivity contribution in [3.8, 4) is 5.75 Å². The summed E-state index contributed by atoms with van der Waals surface area (Å²) < 4.78 is 30.8. The lowest BCUT2D eigenvalue weighted by Crippen LogP contribution is -2.47. The van der Waals surface area contributed by atoms with Crippen LogP contribution >= 0.6 is 11.6 Å². The Morgan fingerprint density at radius 3 is 2.48 bits per heavy atom. The van der Waals surface area contributed by atoms with Crippen molar-refractivity contribution < 1.29 is 22.7 Å². The monoisotopic (exact) mass is 488 g/mol. The smallest absolute Gasteiger partial charge is 0.262 e. The number of fused-ring (bicyclic) bond motifs is 1. The van der Waals surface area contributed by atoms with Gasteiger partial charge in [-0.25, -0.2) is 8.42 Å². The minimum absolute atomic E-state index is 0.00599. The van der Waals surface area contributed by atoms with Gasteiger partial charge in [0.2, 0.25) is 5.91 Å². The van der Waals surface area contributed by atoms with Gasteiger partial charge in [-0.15, -0.1) is 0 Å². The summed E-state index contributed by atoms with van der Waals surface area (Å²) in [7, 11) is -1.60. The first-order chi connectivity index (χ1) is 15.5. The highest BCUT2D eigenvalue weighted by molar-refractivity contribution is 7.91. The first-order valence-corrected chi connectivity index (χ1v) is 12.7. The number of rotatable bonds is 5. The SMILES string of the molecule is COc1ccc2c(c1)c(CC(=O)NC1(C)CCS(=O)(=O)C1)c(C)n2C(=O)c1ccc(Cl)cc1. The van der Waals surface area contributed by atoms with E-state index in [0.29, 0.717) is 39.5 Å². The van der Waals surface area contributed by atoms with Gasteiger partial charge in [0.1, 0.15) is 5.75 Å². The van der Waals surface area contributed by atoms with E-state index in [1.807, 2.05) is 0 Å². The fraction of sp³-hybridized carbons (Fsp3) is 0.333. The van der Waals surface area contributed by atoms with Crippen molar-refractivity contribution in [2.75, 3.05) is 18.6 Å². The molecule has 4 rings (SSSR count). The van der Waals surface area contributed by atoms with Crippen molar-refractivity contribution in [1.82, 2.24) is 9.88 Å². The van der Waals surface area contributed by atoms with Crippen LogP contribution in [0.4, 0.5) is 0 Å². The molecular weight excluding hydrogens is 464 g/mol. The number of nitrogens with one attached hydrogen (secondary N) is 1. The molecule has 1 atom stereocenters. The molecule has 1 fully saturated rings. The van der Waals surface area contributed by atoms with Crippen LogP contribution in [0.5, 0.6) is 5.75 Å². The predicted octanol–water partition coefficient (Wildman–Crippen LogP) is 3.54. The quantitative estimate of drug-likeness (QED) is 0.592. The molecule has 1 aliphatic rings. The van der Waals surface area contributed by atoms with Gasteiger partial charge in [-0.1, -0.05) is 11.6 Å². The molecule has 1 N–H and O–H groups in total. The topological polar surface area (TPSA) is 94.5 Å². The summed E-state index contributed by atoms with van der Waals surface area (Å²) in [5, 5.41) is 4.16. The number of benzene rings is 2. The average molecular weight is 489 g/mol. The lowest BCUT2D eigenvalue weighted by Gasteiger charge is -2.24. The van der Waals surface area contributed by atoms with Crippen LogP contribution in [0.25, 0.3) is 10.9 Å². The van der Waals surface area contributed by atoms with Crippen LogP contribution in [0.3, 0.4) is 0 Å². The van der Waals surface area contributed by atoms with Gasteiger partial charge >= 0.3 is 0 Å². The Labute approximate surface area is 197 Å². The summed E-state index contributed by atoms with van der Waals surface area (Å²) in [6.07, 6.45) is 0.386. The second-order valence-electron chi connectivity index (χ2n) is 8.72. The normalized spacial score (nSPS) is 19.5. The van der Waals surface area contributed by atoms with Crippen LogP contribution in [-0.2, 0) is 21.1 Å². The third-order valence-corrected chi connectivity index (χ3v) is 8.27. The fourth-order valence-electron chi connectivity index (χ4n) is 4.45. The maximum absolute atomic E-state index is 13.4. The van der Waals surface area contributed by atoms with Gasteiger partial charge in [-0.3, -0.25) is 14.2 Å². The van der Waals surface area contributed by atoms with Crippen molar-refractivity contribution in [2.24, 2.45) is 0 Å². The molecule has 7 nitrogen and oxygen atoms in total. The van der Waals surface area contributed by atoms with E-state index in [2.05, 4.69) is 5.32 Å². The zero-order chi connectivity index (χ0) is 24.0. The molecule has 174 valence electrons. The van der Waals surface area contributed by atoms with E-state index in [4.69, 9.17) is 16.3 Å². The Morgan fingerprint density at radius 2 is 1.88 bits per heavy atom. The van der Waals surface area contributed by atoms with E-state index >= 15 is 0 Å². The van der Waals surface area contributed by atoms with E-state index in [0.717, 1.165) is 5.39 Å². The maximum Gasteiger partial charge on any atom is 0.262 e. The molecule has 9 heteroatoms. The van der Waals surface area contributed by atoms with Crippen LogP contribution in [0.2, 0.25) is 5.02 Å². The number of halogens is 1. The molecule has 0 radical (unpaired) electrons. The molecule has 0 spiro atoms. The average Bonchev–Trinajstić information content (AvgIpc) is 3.19. The molecule has 1 aromatic heterocycles. The highest BCUT2D eigenvalue weighted by Crippen LogP contribution is 2.31. The van der Waals surface area contributed by atoms with Gasteiger partial charge in [0, 0.05) is 21.7 Å². The summed E-state index contributed by atoms with van der Waals surface area (Å²) in [6, 6.07) is 12.0. The van der Waals surface area contributed by atoms with Gasteiger partial charge in [-0.2, -0.15) is 0 Å². The largest absolute Gasteiger partial charge is 0.497 e. The number of carbonyl (C=O) groups is 2. The lowest BCUT2D eigenvalue weighted by atomic mass is 10.0. The number of methoxy groups -OCH3 is 1. The lowest BCUT2D eigenvalue weighted by molar-refractivity contribution is -0.121. The molecule has 1 aliphatic heterocycles. The molecule has 2 aromatic carbocycles. The van der Waals surface area contributed by atoms with Gasteiger partial charge < -0.3 is 10.1 Å². The molecular formula is C24H25ClN2O5S. The number of amides is 1. The Kier molecular flexibility index (Phi) is 6.01. The second-order valence-corrected chi connectivity index (χ2v) is 11.3. The van der Waals surface area contributed by atoms with Crippen molar-refractivity contribution in [3.05, 3.63) is 64.3 Å². The van der Waals surface area contributed by atoms with Gasteiger partial charge in [-0.05, 0) is 68.3 Å². The van der Waals surface area contributed by atoms with Crippen molar-refractivity contribution >= 4 is 44.2 Å². The van der Waals surface area contributed by atoms with E-state index in [1.165, 1.54) is 0 Å². The van der Waals surface area contributed by atoms with Crippen LogP contribution in [0.15, 0.2) is 42.5 Å². The highest BCUT2D eigenvalue weighted by atomic mass is 35.5. The Morgan fingerprint density at radius 1 is 1.18 bits per heavy atom. The van der Waals surface area contributed by atoms with Gasteiger partial charge in [0.25, 0.3) is 5.91 Å². The Bertz CT molecular complexity index is 1360. The summed E-state index contributed by atoms with van der Waals surface area (Å²) in [5.41, 5.74) is 1.66. The summed E-state index contributed by atoms with van der Waals surface area (Å²) in [4.78, 5) is 26.3. The molecule has 0 bridgehead atoms. The van der Waals surface area contributed by atoms with Crippen LogP contribution < -0.4 is 10.1 Å². The molecule has 0 aliphatic carbocycles. The molecule has 33 heavy (non-hydrogen) atoms.